The maximum absolute atomic E-state index is 14.0. The molecule has 2 aliphatic rings. The highest BCUT2D eigenvalue weighted by atomic mass is 16.4. The van der Waals surface area contributed by atoms with Crippen molar-refractivity contribution in [1.82, 2.24) is 9.97 Å². The molecule has 0 fully saturated rings. The number of anilines is 2. The molecular formula is C38H26N6O6. The Hall–Kier alpha value is -7.08. The molecule has 4 aromatic carbocycles. The first kappa shape index (κ1) is 30.3. The van der Waals surface area contributed by atoms with Gasteiger partial charge in [-0.3, -0.25) is 9.59 Å². The van der Waals surface area contributed by atoms with Crippen LogP contribution >= 0.6 is 0 Å². The fourth-order valence-corrected chi connectivity index (χ4v) is 6.63. The molecule has 12 heteroatoms. The summed E-state index contributed by atoms with van der Waals surface area (Å²) in [5.74, 6) is -3.04. The van der Waals surface area contributed by atoms with Gasteiger partial charge in [-0.1, -0.05) is 60.7 Å². The van der Waals surface area contributed by atoms with Crippen LogP contribution in [0.15, 0.2) is 107 Å². The Morgan fingerprint density at radius 2 is 0.900 bits per heavy atom. The maximum Gasteiger partial charge on any atom is 0.335 e. The highest BCUT2D eigenvalue weighted by Gasteiger charge is 2.32. The van der Waals surface area contributed by atoms with Gasteiger partial charge in [-0.2, -0.15) is 20.2 Å². The zero-order valence-corrected chi connectivity index (χ0v) is 26.6. The minimum absolute atomic E-state index is 0.0365. The predicted molar refractivity (Wildman–Crippen MR) is 188 cm³/mol. The van der Waals surface area contributed by atoms with Gasteiger partial charge in [0.05, 0.1) is 66.5 Å². The number of aromatic carboxylic acids is 2. The highest BCUT2D eigenvalue weighted by molar-refractivity contribution is 6.49. The Morgan fingerprint density at radius 3 is 1.26 bits per heavy atom. The number of carbonyl (C=O) groups excluding carboxylic acids is 2. The summed E-state index contributed by atoms with van der Waals surface area (Å²) < 4.78 is 0. The van der Waals surface area contributed by atoms with E-state index in [0.29, 0.717) is 55.3 Å². The second-order valence-electron chi connectivity index (χ2n) is 11.9. The summed E-state index contributed by atoms with van der Waals surface area (Å²) in [5, 5.41) is 36.1. The molecule has 12 nitrogen and oxygen atoms in total. The van der Waals surface area contributed by atoms with Crippen molar-refractivity contribution in [1.29, 1.82) is 0 Å². The largest absolute Gasteiger partial charge is 0.478 e. The lowest BCUT2D eigenvalue weighted by molar-refractivity contribution is -0.113. The first-order valence-corrected chi connectivity index (χ1v) is 15.6. The topological polar surface area (TPSA) is 172 Å². The zero-order chi connectivity index (χ0) is 34.8. The Labute approximate surface area is 281 Å². The standard InChI is InChI=1S/C38H26N6O6/c1-19-29(35(45)43(41-19)23-11-7-9-21(17-23)37(47)48)31-25-13-3-5-15-27(25)33(39-31)34-28-16-6-4-14-26(28)32(40-34)30-20(2)42-44(36(30)46)24-12-8-10-22(18-24)38(49)50/h3-18,39-40H,1-2H3,(H,47,48)(H,49,50). The molecule has 50 heavy (non-hydrogen) atoms. The van der Waals surface area contributed by atoms with Crippen LogP contribution in [-0.4, -0.2) is 55.4 Å². The summed E-state index contributed by atoms with van der Waals surface area (Å²) in [6.45, 7) is 3.46. The van der Waals surface area contributed by atoms with Gasteiger partial charge in [-0.15, -0.1) is 0 Å². The van der Waals surface area contributed by atoms with Gasteiger partial charge in [-0.25, -0.2) is 9.59 Å². The Balaban J connectivity index is 1.37. The molecule has 2 aliphatic heterocycles. The van der Waals surface area contributed by atoms with Gasteiger partial charge in [0, 0.05) is 21.5 Å². The van der Waals surface area contributed by atoms with Crippen molar-refractivity contribution in [2.45, 2.75) is 13.8 Å². The highest BCUT2D eigenvalue weighted by Crippen LogP contribution is 2.28. The van der Waals surface area contributed by atoms with E-state index < -0.39 is 23.8 Å². The van der Waals surface area contributed by atoms with Crippen LogP contribution in [-0.2, 0) is 9.59 Å². The number of nitrogens with one attached hydrogen (secondary N) is 2. The molecule has 4 N–H and O–H groups in total. The van der Waals surface area contributed by atoms with Crippen LogP contribution < -0.4 is 20.7 Å². The van der Waals surface area contributed by atoms with Crippen molar-refractivity contribution < 1.29 is 29.4 Å². The Bertz CT molecular complexity index is 2620. The monoisotopic (exact) mass is 662 g/mol. The smallest absolute Gasteiger partial charge is 0.335 e. The van der Waals surface area contributed by atoms with Crippen LogP contribution in [0.1, 0.15) is 34.6 Å². The van der Waals surface area contributed by atoms with Crippen molar-refractivity contribution in [2.75, 3.05) is 10.0 Å². The second kappa shape index (κ2) is 11.3. The fraction of sp³-hybridized carbons (Fsp3) is 0.0526. The number of amides is 2. The number of hydrazone groups is 2. The molecule has 8 rings (SSSR count). The van der Waals surface area contributed by atoms with E-state index in [0.717, 1.165) is 21.5 Å². The molecule has 6 aromatic rings. The molecule has 0 saturated heterocycles. The number of carboxylic acid groups (broad SMARTS) is 2. The number of benzene rings is 4. The van der Waals surface area contributed by atoms with Crippen molar-refractivity contribution >= 4 is 79.2 Å². The van der Waals surface area contributed by atoms with Crippen LogP contribution in [0.2, 0.25) is 0 Å². The van der Waals surface area contributed by atoms with Crippen molar-refractivity contribution in [2.24, 2.45) is 10.2 Å². The van der Waals surface area contributed by atoms with Gasteiger partial charge in [0.2, 0.25) is 0 Å². The third-order valence-electron chi connectivity index (χ3n) is 8.89. The summed E-state index contributed by atoms with van der Waals surface area (Å²) in [4.78, 5) is 58.2. The van der Waals surface area contributed by atoms with Gasteiger partial charge >= 0.3 is 11.9 Å². The predicted octanol–water partition coefficient (Wildman–Crippen LogP) is 4.48. The molecule has 0 bridgehead atoms. The number of carboxylic acids is 2. The normalized spacial score (nSPS) is 17.6. The number of aromatic nitrogens is 2. The van der Waals surface area contributed by atoms with Gasteiger partial charge < -0.3 is 20.2 Å². The molecule has 4 heterocycles. The molecule has 0 atom stereocenters. The first-order chi connectivity index (χ1) is 24.1. The van der Waals surface area contributed by atoms with E-state index in [9.17, 15) is 29.4 Å². The number of hydrogen-bond acceptors (Lipinski definition) is 6. The van der Waals surface area contributed by atoms with Gasteiger partial charge in [0.1, 0.15) is 0 Å². The first-order valence-electron chi connectivity index (χ1n) is 15.6. The van der Waals surface area contributed by atoms with Gasteiger partial charge in [-0.05, 0) is 50.2 Å². The van der Waals surface area contributed by atoms with E-state index in [2.05, 4.69) is 20.2 Å². The molecule has 0 unspecified atom stereocenters. The van der Waals surface area contributed by atoms with Crippen molar-refractivity contribution in [3.63, 3.8) is 0 Å². The molecule has 2 aromatic heterocycles. The van der Waals surface area contributed by atoms with E-state index in [1.54, 1.807) is 38.1 Å². The van der Waals surface area contributed by atoms with E-state index in [1.165, 1.54) is 34.3 Å². The summed E-state index contributed by atoms with van der Waals surface area (Å²) in [6, 6.07) is 27.4. The van der Waals surface area contributed by atoms with Crippen LogP contribution in [0.4, 0.5) is 11.4 Å². The number of aromatic amines is 2. The molecule has 0 spiro atoms. The average molecular weight is 663 g/mol. The average Bonchev–Trinajstić information content (AvgIpc) is 3.84. The Morgan fingerprint density at radius 1 is 0.540 bits per heavy atom. The number of carbonyl (C=O) groups is 4. The van der Waals surface area contributed by atoms with Crippen molar-refractivity contribution in [3.8, 4) is 0 Å². The third kappa shape index (κ3) is 4.61. The zero-order valence-electron chi connectivity index (χ0n) is 26.6. The summed E-state index contributed by atoms with van der Waals surface area (Å²) in [7, 11) is 0. The Kier molecular flexibility index (Phi) is 6.82. The maximum atomic E-state index is 14.0. The molecule has 244 valence electrons. The van der Waals surface area contributed by atoms with E-state index in [-0.39, 0.29) is 11.1 Å². The molecular weight excluding hydrogens is 636 g/mol. The van der Waals surface area contributed by atoms with E-state index in [4.69, 9.17) is 0 Å². The van der Waals surface area contributed by atoms with Crippen molar-refractivity contribution in [3.05, 3.63) is 130 Å². The number of hydrogen-bond donors (Lipinski definition) is 4. The van der Waals surface area contributed by atoms with Crippen LogP contribution in [0.3, 0.4) is 0 Å². The SMILES string of the molecule is CC1=NN(c2cccc(C(=O)O)c2)C(=O)C1=c1[nH]c(=c2[nH]c(=C3C(=O)N(c4cccc(C(=O)O)c4)N=C3C)c3ccccc23)c2ccccc12. The molecule has 2 amide bonds. The lowest BCUT2D eigenvalue weighted by Crippen LogP contribution is -2.25. The second-order valence-corrected chi connectivity index (χ2v) is 11.9. The molecule has 0 aliphatic carbocycles. The van der Waals surface area contributed by atoms with E-state index >= 15 is 0 Å². The van der Waals surface area contributed by atoms with Crippen LogP contribution in [0, 0.1) is 10.7 Å². The summed E-state index contributed by atoms with van der Waals surface area (Å²) >= 11 is 0. The van der Waals surface area contributed by atoms with Gasteiger partial charge in [0.15, 0.2) is 0 Å². The number of fused-ring (bicyclic) bond motifs is 2. The molecule has 0 saturated carbocycles. The van der Waals surface area contributed by atoms with Crippen LogP contribution in [0.5, 0.6) is 0 Å². The summed E-state index contributed by atoms with van der Waals surface area (Å²) in [6.07, 6.45) is 0. The van der Waals surface area contributed by atoms with Crippen LogP contribution in [0.25, 0.3) is 32.7 Å². The lowest BCUT2D eigenvalue weighted by atomic mass is 10.1. The third-order valence-corrected chi connectivity index (χ3v) is 8.89. The summed E-state index contributed by atoms with van der Waals surface area (Å²) in [5.41, 5.74) is 2.33. The number of rotatable bonds is 4. The lowest BCUT2D eigenvalue weighted by Gasteiger charge is -2.12. The molecule has 0 radical (unpaired) electrons. The quantitative estimate of drug-likeness (QED) is 0.217. The van der Waals surface area contributed by atoms with Gasteiger partial charge in [0.25, 0.3) is 11.8 Å². The fourth-order valence-electron chi connectivity index (χ4n) is 6.63. The number of nitrogens with zero attached hydrogens (tertiary/aromatic N) is 4. The minimum Gasteiger partial charge on any atom is -0.478 e. The number of H-pyrrole nitrogens is 2. The minimum atomic E-state index is -1.11. The van der Waals surface area contributed by atoms with E-state index in [1.807, 2.05) is 48.5 Å².